The predicted octanol–water partition coefficient (Wildman–Crippen LogP) is 4.05. The number of fused-ring (bicyclic) bond motifs is 1. The monoisotopic (exact) mass is 379 g/mol. The van der Waals surface area contributed by atoms with Crippen LogP contribution < -0.4 is 10.1 Å². The highest BCUT2D eigenvalue weighted by molar-refractivity contribution is 5.96. The number of ether oxygens (including phenoxy) is 2. The number of carbonyl (C=O) groups is 2. The molecule has 1 aliphatic rings. The maximum Gasteiger partial charge on any atom is 0.338 e. The van der Waals surface area contributed by atoms with E-state index >= 15 is 0 Å². The van der Waals surface area contributed by atoms with Gasteiger partial charge in [0.15, 0.2) is 6.10 Å². The average Bonchev–Trinajstić information content (AvgIpc) is 2.73. The molecule has 0 spiro atoms. The Morgan fingerprint density at radius 1 is 1.11 bits per heavy atom. The topological polar surface area (TPSA) is 64.6 Å². The van der Waals surface area contributed by atoms with Gasteiger partial charge in [0.05, 0.1) is 11.6 Å². The molecule has 5 heteroatoms. The Morgan fingerprint density at radius 3 is 2.57 bits per heavy atom. The molecule has 5 nitrogen and oxygen atoms in total. The Labute approximate surface area is 165 Å². The number of benzene rings is 2. The second-order valence-electron chi connectivity index (χ2n) is 6.80. The third-order valence-corrected chi connectivity index (χ3v) is 4.64. The molecule has 0 saturated carbocycles. The number of para-hydroxylation sites is 1. The van der Waals surface area contributed by atoms with Crippen LogP contribution in [0, 0.1) is 0 Å². The summed E-state index contributed by atoms with van der Waals surface area (Å²) in [6, 6.07) is 17.2. The van der Waals surface area contributed by atoms with E-state index in [9.17, 15) is 9.59 Å². The molecule has 2 atom stereocenters. The number of nitrogens with one attached hydrogen (secondary N) is 1. The second-order valence-corrected chi connectivity index (χ2v) is 6.80. The van der Waals surface area contributed by atoms with Crippen molar-refractivity contribution in [1.82, 2.24) is 5.32 Å². The zero-order chi connectivity index (χ0) is 19.9. The van der Waals surface area contributed by atoms with Crippen LogP contribution in [0.4, 0.5) is 0 Å². The van der Waals surface area contributed by atoms with Gasteiger partial charge in [0.25, 0.3) is 5.91 Å². The summed E-state index contributed by atoms with van der Waals surface area (Å²) in [4.78, 5) is 25.0. The van der Waals surface area contributed by atoms with E-state index in [1.807, 2.05) is 54.6 Å². The first kappa shape index (κ1) is 19.7. The number of rotatable bonds is 7. The van der Waals surface area contributed by atoms with Gasteiger partial charge in [-0.15, -0.1) is 0 Å². The van der Waals surface area contributed by atoms with Gasteiger partial charge >= 0.3 is 5.97 Å². The summed E-state index contributed by atoms with van der Waals surface area (Å²) in [7, 11) is 0. The summed E-state index contributed by atoms with van der Waals surface area (Å²) in [6.45, 7) is 3.78. The molecule has 1 aliphatic heterocycles. The molecule has 0 fully saturated rings. The fourth-order valence-electron chi connectivity index (χ4n) is 3.11. The molecule has 2 aromatic carbocycles. The summed E-state index contributed by atoms with van der Waals surface area (Å²) in [5.74, 6) is -0.118. The van der Waals surface area contributed by atoms with Crippen LogP contribution in [0.2, 0.25) is 0 Å². The fraction of sp³-hybridized carbons (Fsp3) is 0.304. The number of esters is 1. The lowest BCUT2D eigenvalue weighted by Crippen LogP contribution is -2.38. The summed E-state index contributed by atoms with van der Waals surface area (Å²) < 4.78 is 11.0. The third kappa shape index (κ3) is 4.80. The molecule has 3 rings (SSSR count). The number of amides is 1. The van der Waals surface area contributed by atoms with E-state index in [2.05, 4.69) is 12.2 Å². The quantitative estimate of drug-likeness (QED) is 0.737. The van der Waals surface area contributed by atoms with E-state index in [-0.39, 0.29) is 18.6 Å². The molecule has 0 aromatic heterocycles. The molecule has 28 heavy (non-hydrogen) atoms. The Balaban J connectivity index is 1.62. The minimum absolute atomic E-state index is 0.107. The van der Waals surface area contributed by atoms with E-state index in [1.165, 1.54) is 0 Å². The largest absolute Gasteiger partial charge is 0.488 e. The number of hydrogen-bond acceptors (Lipinski definition) is 4. The van der Waals surface area contributed by atoms with Gasteiger partial charge in [-0.05, 0) is 31.1 Å². The number of hydrogen-bond donors (Lipinski definition) is 1. The van der Waals surface area contributed by atoms with Crippen molar-refractivity contribution in [2.24, 2.45) is 0 Å². The highest BCUT2D eigenvalue weighted by atomic mass is 16.6. The van der Waals surface area contributed by atoms with Crippen LogP contribution in [-0.4, -0.2) is 24.6 Å². The fourth-order valence-corrected chi connectivity index (χ4v) is 3.11. The minimum atomic E-state index is -0.895. The minimum Gasteiger partial charge on any atom is -0.488 e. The van der Waals surface area contributed by atoms with Crippen molar-refractivity contribution in [3.05, 3.63) is 71.3 Å². The molecule has 146 valence electrons. The first-order valence-corrected chi connectivity index (χ1v) is 9.57. The highest BCUT2D eigenvalue weighted by Crippen LogP contribution is 2.26. The molecule has 0 radical (unpaired) electrons. The summed E-state index contributed by atoms with van der Waals surface area (Å²) in [5, 5.41) is 2.99. The van der Waals surface area contributed by atoms with Gasteiger partial charge < -0.3 is 14.8 Å². The smallest absolute Gasteiger partial charge is 0.338 e. The molecule has 0 saturated heterocycles. The maximum atomic E-state index is 12.6. The van der Waals surface area contributed by atoms with E-state index in [1.54, 1.807) is 13.0 Å². The Bertz CT molecular complexity index is 860. The molecule has 2 aromatic rings. The van der Waals surface area contributed by atoms with Gasteiger partial charge in [-0.2, -0.15) is 0 Å². The van der Waals surface area contributed by atoms with Gasteiger partial charge in [0.1, 0.15) is 12.4 Å². The highest BCUT2D eigenvalue weighted by Gasteiger charge is 2.25. The maximum absolute atomic E-state index is 12.6. The van der Waals surface area contributed by atoms with Gasteiger partial charge in [0.2, 0.25) is 0 Å². The van der Waals surface area contributed by atoms with Gasteiger partial charge in [0, 0.05) is 5.56 Å². The van der Waals surface area contributed by atoms with Crippen LogP contribution in [0.15, 0.2) is 60.2 Å². The van der Waals surface area contributed by atoms with Crippen molar-refractivity contribution in [3.8, 4) is 5.75 Å². The molecular weight excluding hydrogens is 354 g/mol. The van der Waals surface area contributed by atoms with Crippen molar-refractivity contribution in [1.29, 1.82) is 0 Å². The van der Waals surface area contributed by atoms with Crippen LogP contribution in [-0.2, 0) is 14.3 Å². The Morgan fingerprint density at radius 2 is 1.82 bits per heavy atom. The van der Waals surface area contributed by atoms with Crippen LogP contribution in [0.1, 0.15) is 43.9 Å². The van der Waals surface area contributed by atoms with Crippen LogP contribution in [0.5, 0.6) is 5.75 Å². The lowest BCUT2D eigenvalue weighted by atomic mass is 10.0. The van der Waals surface area contributed by atoms with Crippen molar-refractivity contribution in [2.75, 3.05) is 6.61 Å². The molecular formula is C23H25NO4. The lowest BCUT2D eigenvalue weighted by molar-refractivity contribution is -0.151. The summed E-state index contributed by atoms with van der Waals surface area (Å²) in [6.07, 6.45) is 2.59. The molecule has 1 heterocycles. The van der Waals surface area contributed by atoms with Gasteiger partial charge in [-0.25, -0.2) is 4.79 Å². The molecule has 0 aliphatic carbocycles. The normalized spacial score (nSPS) is 14.7. The van der Waals surface area contributed by atoms with Crippen LogP contribution >= 0.6 is 0 Å². The van der Waals surface area contributed by atoms with E-state index in [0.717, 1.165) is 29.7 Å². The Hall–Kier alpha value is -3.08. The zero-order valence-electron chi connectivity index (χ0n) is 16.2. The van der Waals surface area contributed by atoms with E-state index in [4.69, 9.17) is 9.47 Å². The number of carbonyl (C=O) groups excluding carboxylic acids is 2. The van der Waals surface area contributed by atoms with Crippen LogP contribution in [0.3, 0.4) is 0 Å². The van der Waals surface area contributed by atoms with Crippen molar-refractivity contribution in [3.63, 3.8) is 0 Å². The molecule has 1 N–H and O–H groups in total. The van der Waals surface area contributed by atoms with E-state index in [0.29, 0.717) is 5.57 Å². The predicted molar refractivity (Wildman–Crippen MR) is 108 cm³/mol. The van der Waals surface area contributed by atoms with Gasteiger partial charge in [-0.3, -0.25) is 4.79 Å². The average molecular weight is 379 g/mol. The summed E-state index contributed by atoms with van der Waals surface area (Å²) in [5.41, 5.74) is 2.26. The standard InChI is InChI=1S/C23H25NO4/c1-3-9-20(17-10-5-4-6-11-17)24-22(25)16(2)28-23(26)19-14-18-12-7-8-13-21(18)27-15-19/h4-8,10-14,16,20H,3,9,15H2,1-2H3,(H,24,25)/t16-,20+/m1/s1. The molecule has 0 bridgehead atoms. The SMILES string of the molecule is CCC[C@H](NC(=O)[C@@H](C)OC(=O)C1=Cc2ccccc2OC1)c1ccccc1. The molecule has 1 amide bonds. The van der Waals surface area contributed by atoms with E-state index < -0.39 is 12.1 Å². The summed E-state index contributed by atoms with van der Waals surface area (Å²) >= 11 is 0. The third-order valence-electron chi connectivity index (χ3n) is 4.64. The first-order chi connectivity index (χ1) is 13.6. The Kier molecular flexibility index (Phi) is 6.48. The van der Waals surface area contributed by atoms with Crippen molar-refractivity contribution >= 4 is 18.0 Å². The zero-order valence-corrected chi connectivity index (χ0v) is 16.2. The lowest BCUT2D eigenvalue weighted by Gasteiger charge is -2.22. The van der Waals surface area contributed by atoms with Crippen molar-refractivity contribution < 1.29 is 19.1 Å². The second kappa shape index (κ2) is 9.22. The molecule has 0 unspecified atom stereocenters. The first-order valence-electron chi connectivity index (χ1n) is 9.57. The van der Waals surface area contributed by atoms with Crippen LogP contribution in [0.25, 0.3) is 6.08 Å². The van der Waals surface area contributed by atoms with Crippen molar-refractivity contribution in [2.45, 2.75) is 38.8 Å². The van der Waals surface area contributed by atoms with Gasteiger partial charge in [-0.1, -0.05) is 61.9 Å².